The number of nitrogens with zero attached hydrogens (tertiary/aromatic N) is 1. The van der Waals surface area contributed by atoms with Crippen LogP contribution in [-0.2, 0) is 9.59 Å². The molecule has 0 aromatic heterocycles. The first kappa shape index (κ1) is 12.6. The number of imide groups is 1. The predicted octanol–water partition coefficient (Wildman–Crippen LogP) is 1.30. The molecule has 2 rings (SSSR count). The topological polar surface area (TPSA) is 74.7 Å². The minimum absolute atomic E-state index is 0.141. The Morgan fingerprint density at radius 2 is 1.89 bits per heavy atom. The van der Waals surface area contributed by atoms with Crippen LogP contribution in [0.25, 0.3) is 0 Å². The number of anilines is 1. The third-order valence-electron chi connectivity index (χ3n) is 2.63. The normalized spacial score (nSPS) is 15.9. The van der Waals surface area contributed by atoms with E-state index in [9.17, 15) is 14.4 Å². The van der Waals surface area contributed by atoms with Crippen molar-refractivity contribution < 1.29 is 19.5 Å². The first-order chi connectivity index (χ1) is 8.50. The van der Waals surface area contributed by atoms with E-state index in [0.717, 1.165) is 4.90 Å². The number of hydrogen-bond donors (Lipinski definition) is 1. The third-order valence-corrected chi connectivity index (χ3v) is 3.54. The van der Waals surface area contributed by atoms with Gasteiger partial charge in [-0.2, -0.15) is 0 Å². The molecule has 1 aromatic rings. The molecule has 0 aliphatic carbocycles. The number of aryl methyl sites for hydroxylation is 1. The molecular formula is C12H11NO4S. The molecule has 1 aromatic carbocycles. The lowest BCUT2D eigenvalue weighted by molar-refractivity contribution is -0.124. The molecule has 0 spiro atoms. The maximum atomic E-state index is 11.7. The maximum absolute atomic E-state index is 11.7. The van der Waals surface area contributed by atoms with Gasteiger partial charge in [0.1, 0.15) is 0 Å². The molecule has 6 heteroatoms. The molecule has 1 aliphatic heterocycles. The van der Waals surface area contributed by atoms with E-state index in [1.807, 2.05) is 0 Å². The highest BCUT2D eigenvalue weighted by Gasteiger charge is 2.28. The summed E-state index contributed by atoms with van der Waals surface area (Å²) in [6, 6.07) is 4.36. The van der Waals surface area contributed by atoms with E-state index in [1.54, 1.807) is 6.92 Å². The standard InChI is InChI=1S/C12H11NO4S/c1-7-4-8(12(16)17)2-3-9(7)13-10(14)5-18-6-11(13)15/h2-4H,5-6H2,1H3,(H,16,17). The number of carbonyl (C=O) groups is 3. The fourth-order valence-corrected chi connectivity index (χ4v) is 2.51. The quantitative estimate of drug-likeness (QED) is 0.816. The van der Waals surface area contributed by atoms with Crippen LogP contribution in [0.3, 0.4) is 0 Å². The molecule has 18 heavy (non-hydrogen) atoms. The Labute approximate surface area is 108 Å². The zero-order valence-corrected chi connectivity index (χ0v) is 10.5. The summed E-state index contributed by atoms with van der Waals surface area (Å²) in [5.41, 5.74) is 1.21. The number of hydrogen-bond acceptors (Lipinski definition) is 4. The fourth-order valence-electron chi connectivity index (χ4n) is 1.80. The lowest BCUT2D eigenvalue weighted by Crippen LogP contribution is -2.43. The molecule has 0 atom stereocenters. The third kappa shape index (κ3) is 2.24. The van der Waals surface area contributed by atoms with Gasteiger partial charge in [-0.3, -0.25) is 9.59 Å². The van der Waals surface area contributed by atoms with Crippen LogP contribution < -0.4 is 4.90 Å². The van der Waals surface area contributed by atoms with Crippen molar-refractivity contribution in [2.24, 2.45) is 0 Å². The van der Waals surface area contributed by atoms with Gasteiger partial charge in [0.15, 0.2) is 0 Å². The van der Waals surface area contributed by atoms with Gasteiger partial charge >= 0.3 is 5.97 Å². The molecule has 0 unspecified atom stereocenters. The van der Waals surface area contributed by atoms with E-state index >= 15 is 0 Å². The van der Waals surface area contributed by atoms with Crippen molar-refractivity contribution in [2.45, 2.75) is 6.92 Å². The summed E-state index contributed by atoms with van der Waals surface area (Å²) in [6.45, 7) is 1.68. The van der Waals surface area contributed by atoms with E-state index in [0.29, 0.717) is 11.3 Å². The van der Waals surface area contributed by atoms with Crippen molar-refractivity contribution in [2.75, 3.05) is 16.4 Å². The van der Waals surface area contributed by atoms with Crippen LogP contribution in [-0.4, -0.2) is 34.4 Å². The van der Waals surface area contributed by atoms with Gasteiger partial charge in [0.2, 0.25) is 11.8 Å². The summed E-state index contributed by atoms with van der Waals surface area (Å²) in [5, 5.41) is 8.86. The lowest BCUT2D eigenvalue weighted by atomic mass is 10.1. The number of benzene rings is 1. The first-order valence-corrected chi connectivity index (χ1v) is 6.43. The number of carbonyl (C=O) groups excluding carboxylic acids is 2. The van der Waals surface area contributed by atoms with Gasteiger partial charge in [-0.05, 0) is 30.7 Å². The lowest BCUT2D eigenvalue weighted by Gasteiger charge is -2.26. The summed E-state index contributed by atoms with van der Waals surface area (Å²) in [5.74, 6) is -1.01. The van der Waals surface area contributed by atoms with Gasteiger partial charge in [-0.1, -0.05) is 0 Å². The Morgan fingerprint density at radius 1 is 1.28 bits per heavy atom. The Bertz CT molecular complexity index is 525. The number of rotatable bonds is 2. The number of thioether (sulfide) groups is 1. The Kier molecular flexibility index (Phi) is 3.38. The molecule has 1 aliphatic rings. The van der Waals surface area contributed by atoms with Gasteiger partial charge in [0.25, 0.3) is 0 Å². The van der Waals surface area contributed by atoms with Gasteiger partial charge in [-0.15, -0.1) is 11.8 Å². The average Bonchev–Trinajstić information content (AvgIpc) is 2.30. The van der Waals surface area contributed by atoms with Gasteiger partial charge < -0.3 is 5.11 Å². The van der Waals surface area contributed by atoms with Crippen molar-refractivity contribution >= 4 is 35.2 Å². The largest absolute Gasteiger partial charge is 0.478 e. The summed E-state index contributed by atoms with van der Waals surface area (Å²) in [4.78, 5) is 35.4. The van der Waals surface area contributed by atoms with Crippen LogP contribution >= 0.6 is 11.8 Å². The summed E-state index contributed by atoms with van der Waals surface area (Å²) >= 11 is 1.29. The summed E-state index contributed by atoms with van der Waals surface area (Å²) < 4.78 is 0. The van der Waals surface area contributed by atoms with E-state index in [4.69, 9.17) is 5.11 Å². The van der Waals surface area contributed by atoms with Crippen molar-refractivity contribution in [3.8, 4) is 0 Å². The highest BCUT2D eigenvalue weighted by Crippen LogP contribution is 2.25. The summed E-state index contributed by atoms with van der Waals surface area (Å²) in [6.07, 6.45) is 0. The van der Waals surface area contributed by atoms with E-state index < -0.39 is 5.97 Å². The minimum atomic E-state index is -1.03. The van der Waals surface area contributed by atoms with Crippen LogP contribution in [0.1, 0.15) is 15.9 Å². The summed E-state index contributed by atoms with van der Waals surface area (Å²) in [7, 11) is 0. The highest BCUT2D eigenvalue weighted by atomic mass is 32.2. The fraction of sp³-hybridized carbons (Fsp3) is 0.250. The van der Waals surface area contributed by atoms with Crippen molar-refractivity contribution in [1.82, 2.24) is 0 Å². The Morgan fingerprint density at radius 3 is 2.39 bits per heavy atom. The molecule has 1 N–H and O–H groups in total. The highest BCUT2D eigenvalue weighted by molar-refractivity contribution is 8.00. The van der Waals surface area contributed by atoms with E-state index in [1.165, 1.54) is 30.0 Å². The zero-order chi connectivity index (χ0) is 13.3. The molecule has 5 nitrogen and oxygen atoms in total. The van der Waals surface area contributed by atoms with Crippen LogP contribution in [0, 0.1) is 6.92 Å². The number of amides is 2. The van der Waals surface area contributed by atoms with Gasteiger partial charge in [0.05, 0.1) is 22.8 Å². The van der Waals surface area contributed by atoms with E-state index in [2.05, 4.69) is 0 Å². The van der Waals surface area contributed by atoms with Crippen LogP contribution in [0.15, 0.2) is 18.2 Å². The zero-order valence-electron chi connectivity index (χ0n) is 9.67. The predicted molar refractivity (Wildman–Crippen MR) is 68.0 cm³/mol. The molecule has 1 fully saturated rings. The first-order valence-electron chi connectivity index (χ1n) is 5.28. The molecule has 1 saturated heterocycles. The second kappa shape index (κ2) is 4.81. The Hall–Kier alpha value is -1.82. The second-order valence-corrected chi connectivity index (χ2v) is 4.91. The molecule has 1 heterocycles. The molecule has 0 bridgehead atoms. The van der Waals surface area contributed by atoms with Gasteiger partial charge in [-0.25, -0.2) is 9.69 Å². The van der Waals surface area contributed by atoms with Gasteiger partial charge in [0, 0.05) is 0 Å². The van der Waals surface area contributed by atoms with Crippen molar-refractivity contribution in [1.29, 1.82) is 0 Å². The molecule has 2 amide bonds. The molecular weight excluding hydrogens is 254 g/mol. The SMILES string of the molecule is Cc1cc(C(=O)O)ccc1N1C(=O)CSCC1=O. The number of carboxylic acid groups (broad SMARTS) is 1. The average molecular weight is 265 g/mol. The van der Waals surface area contributed by atoms with Crippen LogP contribution in [0.4, 0.5) is 5.69 Å². The monoisotopic (exact) mass is 265 g/mol. The molecule has 94 valence electrons. The van der Waals surface area contributed by atoms with Crippen molar-refractivity contribution in [3.63, 3.8) is 0 Å². The number of aromatic carboxylic acids is 1. The maximum Gasteiger partial charge on any atom is 0.335 e. The minimum Gasteiger partial charge on any atom is -0.478 e. The van der Waals surface area contributed by atoms with Crippen molar-refractivity contribution in [3.05, 3.63) is 29.3 Å². The van der Waals surface area contributed by atoms with E-state index in [-0.39, 0.29) is 28.9 Å². The second-order valence-electron chi connectivity index (χ2n) is 3.92. The molecule has 0 radical (unpaired) electrons. The number of carboxylic acids is 1. The smallest absolute Gasteiger partial charge is 0.335 e. The van der Waals surface area contributed by atoms with Crippen LogP contribution in [0.5, 0.6) is 0 Å². The van der Waals surface area contributed by atoms with Crippen LogP contribution in [0.2, 0.25) is 0 Å². The Balaban J connectivity index is 2.41. The molecule has 0 saturated carbocycles.